The van der Waals surface area contributed by atoms with Crippen molar-refractivity contribution >= 4 is 15.9 Å². The van der Waals surface area contributed by atoms with E-state index in [2.05, 4.69) is 45.5 Å². The van der Waals surface area contributed by atoms with Crippen molar-refractivity contribution in [1.82, 2.24) is 5.32 Å². The van der Waals surface area contributed by atoms with Crippen molar-refractivity contribution < 1.29 is 4.39 Å². The lowest BCUT2D eigenvalue weighted by molar-refractivity contribution is 0.480. The van der Waals surface area contributed by atoms with Crippen LogP contribution in [0.15, 0.2) is 53.0 Å². The molecular formula is C17H19BrFN. The van der Waals surface area contributed by atoms with Gasteiger partial charge in [-0.3, -0.25) is 0 Å². The molecule has 1 atom stereocenters. The first-order chi connectivity index (χ1) is 9.69. The molecule has 0 saturated heterocycles. The summed E-state index contributed by atoms with van der Waals surface area (Å²) in [5.41, 5.74) is 2.08. The van der Waals surface area contributed by atoms with Crippen LogP contribution in [0.2, 0.25) is 0 Å². The molecule has 0 heterocycles. The lowest BCUT2D eigenvalue weighted by atomic mass is 9.92. The second kappa shape index (κ2) is 7.55. The number of rotatable bonds is 6. The summed E-state index contributed by atoms with van der Waals surface area (Å²) in [7, 11) is 1.94. The predicted octanol–water partition coefficient (Wildman–Crippen LogP) is 4.21. The van der Waals surface area contributed by atoms with Crippen LogP contribution in [0.5, 0.6) is 0 Å². The second-order valence-corrected chi connectivity index (χ2v) is 5.97. The van der Waals surface area contributed by atoms with Gasteiger partial charge >= 0.3 is 0 Å². The van der Waals surface area contributed by atoms with Gasteiger partial charge in [0.2, 0.25) is 0 Å². The van der Waals surface area contributed by atoms with E-state index in [0.717, 1.165) is 29.4 Å². The molecule has 0 radical (unpaired) electrons. The summed E-state index contributed by atoms with van der Waals surface area (Å²) < 4.78 is 14.8. The zero-order valence-corrected chi connectivity index (χ0v) is 13.2. The Bertz CT molecular complexity index is 539. The van der Waals surface area contributed by atoms with Gasteiger partial charge in [-0.2, -0.15) is 0 Å². The normalized spacial score (nSPS) is 12.3. The van der Waals surface area contributed by atoms with Crippen LogP contribution in [0.1, 0.15) is 11.1 Å². The lowest BCUT2D eigenvalue weighted by Crippen LogP contribution is -2.23. The van der Waals surface area contributed by atoms with Gasteiger partial charge < -0.3 is 5.32 Å². The first kappa shape index (κ1) is 15.2. The molecule has 0 aliphatic rings. The van der Waals surface area contributed by atoms with Crippen molar-refractivity contribution in [3.05, 3.63) is 69.9 Å². The number of benzene rings is 2. The molecule has 106 valence electrons. The summed E-state index contributed by atoms with van der Waals surface area (Å²) in [6, 6.07) is 15.4. The van der Waals surface area contributed by atoms with Crippen LogP contribution in [0.3, 0.4) is 0 Å². The van der Waals surface area contributed by atoms with Gasteiger partial charge in [0.25, 0.3) is 0 Å². The van der Waals surface area contributed by atoms with Gasteiger partial charge in [-0.05, 0) is 61.7 Å². The third-order valence-corrected chi connectivity index (χ3v) is 3.93. The average Bonchev–Trinajstić information content (AvgIpc) is 2.44. The summed E-state index contributed by atoms with van der Waals surface area (Å²) in [6.07, 6.45) is 1.70. The van der Waals surface area contributed by atoms with Crippen LogP contribution < -0.4 is 5.32 Å². The molecule has 2 aromatic rings. The maximum Gasteiger partial charge on any atom is 0.126 e. The Morgan fingerprint density at radius 1 is 1.05 bits per heavy atom. The molecule has 0 spiro atoms. The molecule has 2 aromatic carbocycles. The van der Waals surface area contributed by atoms with E-state index in [0.29, 0.717) is 5.92 Å². The molecule has 0 aliphatic carbocycles. The van der Waals surface area contributed by atoms with E-state index < -0.39 is 0 Å². The third kappa shape index (κ3) is 4.43. The van der Waals surface area contributed by atoms with Crippen LogP contribution in [-0.4, -0.2) is 13.6 Å². The molecule has 0 saturated carbocycles. The van der Waals surface area contributed by atoms with Crippen LogP contribution in [0.4, 0.5) is 4.39 Å². The Balaban J connectivity index is 2.07. The molecule has 0 amide bonds. The van der Waals surface area contributed by atoms with Crippen molar-refractivity contribution in [3.8, 4) is 0 Å². The van der Waals surface area contributed by atoms with E-state index in [1.807, 2.05) is 19.2 Å². The molecule has 0 aromatic heterocycles. The second-order valence-electron chi connectivity index (χ2n) is 5.05. The smallest absolute Gasteiger partial charge is 0.126 e. The van der Waals surface area contributed by atoms with Gasteiger partial charge in [0.05, 0.1) is 0 Å². The summed E-state index contributed by atoms with van der Waals surface area (Å²) >= 11 is 3.44. The van der Waals surface area contributed by atoms with Crippen LogP contribution in [0, 0.1) is 11.7 Å². The highest BCUT2D eigenvalue weighted by molar-refractivity contribution is 9.10. The molecule has 20 heavy (non-hydrogen) atoms. The van der Waals surface area contributed by atoms with Gasteiger partial charge in [-0.15, -0.1) is 0 Å². The molecule has 0 bridgehead atoms. The molecule has 1 unspecified atom stereocenters. The number of hydrogen-bond donors (Lipinski definition) is 1. The molecular weight excluding hydrogens is 317 g/mol. The highest BCUT2D eigenvalue weighted by atomic mass is 79.9. The third-order valence-electron chi connectivity index (χ3n) is 3.40. The van der Waals surface area contributed by atoms with Crippen molar-refractivity contribution in [3.63, 3.8) is 0 Å². The van der Waals surface area contributed by atoms with Gasteiger partial charge in [0.1, 0.15) is 5.82 Å². The Labute approximate surface area is 128 Å². The van der Waals surface area contributed by atoms with Gasteiger partial charge in [0, 0.05) is 4.47 Å². The summed E-state index contributed by atoms with van der Waals surface area (Å²) in [6.45, 7) is 0.879. The van der Waals surface area contributed by atoms with Crippen molar-refractivity contribution in [2.45, 2.75) is 12.8 Å². The Kier molecular flexibility index (Phi) is 5.74. The molecule has 0 fully saturated rings. The molecule has 1 nitrogen and oxygen atoms in total. The first-order valence-electron chi connectivity index (χ1n) is 6.81. The van der Waals surface area contributed by atoms with E-state index in [1.165, 1.54) is 11.6 Å². The maximum absolute atomic E-state index is 13.8. The van der Waals surface area contributed by atoms with Gasteiger partial charge in [0.15, 0.2) is 0 Å². The maximum atomic E-state index is 13.8. The summed E-state index contributed by atoms with van der Waals surface area (Å²) in [5.74, 6) is 0.280. The minimum atomic E-state index is -0.107. The van der Waals surface area contributed by atoms with E-state index in [-0.39, 0.29) is 5.82 Å². The van der Waals surface area contributed by atoms with Crippen LogP contribution in [0.25, 0.3) is 0 Å². The topological polar surface area (TPSA) is 12.0 Å². The highest BCUT2D eigenvalue weighted by Crippen LogP contribution is 2.18. The molecule has 0 aliphatic heterocycles. The highest BCUT2D eigenvalue weighted by Gasteiger charge is 2.12. The Morgan fingerprint density at radius 3 is 2.40 bits per heavy atom. The molecule has 1 N–H and O–H groups in total. The lowest BCUT2D eigenvalue weighted by Gasteiger charge is -2.17. The van der Waals surface area contributed by atoms with E-state index in [4.69, 9.17) is 0 Å². The fourth-order valence-electron chi connectivity index (χ4n) is 2.43. The average molecular weight is 336 g/mol. The Morgan fingerprint density at radius 2 is 1.75 bits per heavy atom. The zero-order chi connectivity index (χ0) is 14.4. The van der Waals surface area contributed by atoms with Crippen LogP contribution in [-0.2, 0) is 12.8 Å². The molecule has 3 heteroatoms. The largest absolute Gasteiger partial charge is 0.319 e. The quantitative estimate of drug-likeness (QED) is 0.833. The SMILES string of the molecule is CNCC(Cc1ccc(Br)cc1)Cc1ccccc1F. The number of hydrogen-bond acceptors (Lipinski definition) is 1. The van der Waals surface area contributed by atoms with Crippen molar-refractivity contribution in [2.24, 2.45) is 5.92 Å². The fraction of sp³-hybridized carbons (Fsp3) is 0.294. The molecule has 2 rings (SSSR count). The summed E-state index contributed by atoms with van der Waals surface area (Å²) in [4.78, 5) is 0. The van der Waals surface area contributed by atoms with Gasteiger partial charge in [-0.25, -0.2) is 4.39 Å². The fourth-order valence-corrected chi connectivity index (χ4v) is 2.70. The first-order valence-corrected chi connectivity index (χ1v) is 7.61. The minimum Gasteiger partial charge on any atom is -0.319 e. The number of halogens is 2. The Hall–Kier alpha value is -1.19. The van der Waals surface area contributed by atoms with Gasteiger partial charge in [-0.1, -0.05) is 46.3 Å². The van der Waals surface area contributed by atoms with E-state index in [1.54, 1.807) is 6.07 Å². The van der Waals surface area contributed by atoms with E-state index >= 15 is 0 Å². The predicted molar refractivity (Wildman–Crippen MR) is 85.4 cm³/mol. The minimum absolute atomic E-state index is 0.107. The summed E-state index contributed by atoms with van der Waals surface area (Å²) in [5, 5.41) is 3.21. The standard InChI is InChI=1S/C17H19BrFN/c1-20-12-14(10-13-6-8-16(18)9-7-13)11-15-4-2-3-5-17(15)19/h2-9,14,20H,10-12H2,1H3. The monoisotopic (exact) mass is 335 g/mol. The number of nitrogens with one attached hydrogen (secondary N) is 1. The van der Waals surface area contributed by atoms with Crippen molar-refractivity contribution in [2.75, 3.05) is 13.6 Å². The van der Waals surface area contributed by atoms with Crippen molar-refractivity contribution in [1.29, 1.82) is 0 Å². The zero-order valence-electron chi connectivity index (χ0n) is 11.6. The van der Waals surface area contributed by atoms with Crippen LogP contribution >= 0.6 is 15.9 Å². The van der Waals surface area contributed by atoms with E-state index in [9.17, 15) is 4.39 Å².